The van der Waals surface area contributed by atoms with Crippen LogP contribution in [0.4, 0.5) is 0 Å². The lowest BCUT2D eigenvalue weighted by Crippen LogP contribution is -2.30. The summed E-state index contributed by atoms with van der Waals surface area (Å²) in [6.45, 7) is 0.858. The third-order valence-corrected chi connectivity index (χ3v) is 4.87. The Morgan fingerprint density at radius 2 is 1.79 bits per heavy atom. The lowest BCUT2D eigenvalue weighted by molar-refractivity contribution is -0.139. The highest BCUT2D eigenvalue weighted by Gasteiger charge is 2.32. The summed E-state index contributed by atoms with van der Waals surface area (Å²) in [4.78, 5) is 10.1. The first-order chi connectivity index (χ1) is 13.8. The molecule has 4 rings (SSSR count). The van der Waals surface area contributed by atoms with Crippen molar-refractivity contribution in [3.8, 4) is 28.7 Å². The molecule has 7 N–H and O–H groups in total. The van der Waals surface area contributed by atoms with Crippen molar-refractivity contribution in [1.29, 1.82) is 0 Å². The molecule has 3 atom stereocenters. The number of ether oxygens (including phenoxy) is 1. The number of aromatic hydroxyl groups is 4. The Morgan fingerprint density at radius 3 is 2.38 bits per heavy atom. The van der Waals surface area contributed by atoms with Crippen LogP contribution < -0.4 is 10.1 Å². The maximum atomic E-state index is 10.2. The first kappa shape index (κ1) is 20.6. The molecule has 1 fully saturated rings. The van der Waals surface area contributed by atoms with Gasteiger partial charge in [-0.05, 0) is 37.1 Å². The molecular formula is C20H23NO8. The lowest BCUT2D eigenvalue weighted by atomic mass is 9.94. The molecule has 9 nitrogen and oxygen atoms in total. The molecule has 0 aromatic heterocycles. The van der Waals surface area contributed by atoms with Gasteiger partial charge in [-0.3, -0.25) is 4.79 Å². The van der Waals surface area contributed by atoms with Gasteiger partial charge in [0.25, 0.3) is 0 Å². The van der Waals surface area contributed by atoms with Crippen LogP contribution in [0.2, 0.25) is 0 Å². The van der Waals surface area contributed by atoms with Gasteiger partial charge in [0.1, 0.15) is 29.4 Å². The summed E-state index contributed by atoms with van der Waals surface area (Å²) < 4.78 is 5.62. The van der Waals surface area contributed by atoms with Gasteiger partial charge in [0.2, 0.25) is 0 Å². The van der Waals surface area contributed by atoms with Crippen LogP contribution >= 0.6 is 0 Å². The average Bonchev–Trinajstić information content (AvgIpc) is 3.20. The van der Waals surface area contributed by atoms with E-state index in [9.17, 15) is 30.3 Å². The van der Waals surface area contributed by atoms with E-state index < -0.39 is 18.2 Å². The fourth-order valence-electron chi connectivity index (χ4n) is 3.36. The van der Waals surface area contributed by atoms with Gasteiger partial charge in [-0.1, -0.05) is 6.07 Å². The van der Waals surface area contributed by atoms with E-state index in [1.54, 1.807) is 0 Å². The smallest absolute Gasteiger partial charge is 0.320 e. The summed E-state index contributed by atoms with van der Waals surface area (Å²) in [7, 11) is 0. The van der Waals surface area contributed by atoms with E-state index in [4.69, 9.17) is 9.84 Å². The molecule has 29 heavy (non-hydrogen) atoms. The van der Waals surface area contributed by atoms with Crippen molar-refractivity contribution < 1.29 is 40.2 Å². The monoisotopic (exact) mass is 405 g/mol. The van der Waals surface area contributed by atoms with E-state index >= 15 is 0 Å². The number of phenols is 4. The largest absolute Gasteiger partial charge is 0.508 e. The van der Waals surface area contributed by atoms with Crippen molar-refractivity contribution >= 4 is 5.97 Å². The number of carboxylic acids is 1. The molecule has 0 saturated carbocycles. The minimum atomic E-state index is -0.933. The van der Waals surface area contributed by atoms with E-state index in [2.05, 4.69) is 5.32 Å². The number of aliphatic carboxylic acids is 1. The van der Waals surface area contributed by atoms with Crippen LogP contribution in [0.25, 0.3) is 0 Å². The van der Waals surface area contributed by atoms with Crippen molar-refractivity contribution in [2.45, 2.75) is 37.5 Å². The molecule has 0 amide bonds. The zero-order chi connectivity index (χ0) is 21.1. The first-order valence-corrected chi connectivity index (χ1v) is 9.14. The van der Waals surface area contributed by atoms with E-state index in [1.165, 1.54) is 30.3 Å². The number of aliphatic hydroxyl groups is 1. The molecule has 2 aliphatic rings. The highest BCUT2D eigenvalue weighted by molar-refractivity contribution is 5.73. The maximum Gasteiger partial charge on any atom is 0.320 e. The number of rotatable bonds is 2. The Hall–Kier alpha value is -3.17. The van der Waals surface area contributed by atoms with Gasteiger partial charge in [-0.25, -0.2) is 0 Å². The number of carbonyl (C=O) groups is 1. The molecule has 0 spiro atoms. The molecule has 156 valence electrons. The van der Waals surface area contributed by atoms with Crippen LogP contribution in [0, 0.1) is 0 Å². The second-order valence-electron chi connectivity index (χ2n) is 6.99. The van der Waals surface area contributed by atoms with Crippen molar-refractivity contribution in [1.82, 2.24) is 5.32 Å². The fraction of sp³-hybridized carbons (Fsp3) is 0.350. The van der Waals surface area contributed by atoms with Crippen molar-refractivity contribution in [2.75, 3.05) is 6.54 Å². The number of hydrogen-bond acceptors (Lipinski definition) is 8. The van der Waals surface area contributed by atoms with Crippen LogP contribution in [0.15, 0.2) is 30.3 Å². The van der Waals surface area contributed by atoms with Gasteiger partial charge in [-0.15, -0.1) is 0 Å². The standard InChI is InChI=1S/C15H14O6.C5H9NO2/c16-8-4-11(18)9-6-13(20)15(21-14(9)5-8)7-1-2-10(17)12(19)3-7;7-5(8)4-2-1-3-6-4/h1-5,13,15-20H,6H2;4,6H,1-3H2,(H,7,8)/t13-,15-;4-/m10/s1. The molecule has 2 aromatic carbocycles. The van der Waals surface area contributed by atoms with Crippen LogP contribution in [0.5, 0.6) is 28.7 Å². The summed E-state index contributed by atoms with van der Waals surface area (Å²) in [5.41, 5.74) is 0.894. The molecule has 2 aromatic rings. The molecule has 9 heteroatoms. The van der Waals surface area contributed by atoms with Crippen molar-refractivity contribution in [3.05, 3.63) is 41.5 Å². The molecule has 2 aliphatic heterocycles. The topological polar surface area (TPSA) is 160 Å². The molecule has 2 heterocycles. The zero-order valence-corrected chi connectivity index (χ0v) is 15.4. The molecule has 1 saturated heterocycles. The van der Waals surface area contributed by atoms with Crippen LogP contribution in [-0.4, -0.2) is 55.3 Å². The molecule has 0 aliphatic carbocycles. The van der Waals surface area contributed by atoms with Crippen molar-refractivity contribution in [3.63, 3.8) is 0 Å². The lowest BCUT2D eigenvalue weighted by Gasteiger charge is -2.31. The number of benzene rings is 2. The van der Waals surface area contributed by atoms with Gasteiger partial charge in [0, 0.05) is 24.1 Å². The Kier molecular flexibility index (Phi) is 6.00. The quantitative estimate of drug-likeness (QED) is 0.366. The number of aliphatic hydroxyl groups excluding tert-OH is 1. The Labute approximate surface area is 166 Å². The number of hydrogen-bond donors (Lipinski definition) is 7. The predicted octanol–water partition coefficient (Wildman–Crippen LogP) is 1.37. The van der Waals surface area contributed by atoms with Gasteiger partial charge < -0.3 is 40.7 Å². The summed E-state index contributed by atoms with van der Waals surface area (Å²) in [5.74, 6) is -1.31. The minimum absolute atomic E-state index is 0.143. The Bertz CT molecular complexity index is 894. The highest BCUT2D eigenvalue weighted by Crippen LogP contribution is 2.42. The molecular weight excluding hydrogens is 382 g/mol. The Morgan fingerprint density at radius 1 is 1.03 bits per heavy atom. The number of carboxylic acid groups (broad SMARTS) is 1. The zero-order valence-electron chi connectivity index (χ0n) is 15.4. The fourth-order valence-corrected chi connectivity index (χ4v) is 3.36. The van der Waals surface area contributed by atoms with E-state index in [0.29, 0.717) is 11.1 Å². The summed E-state index contributed by atoms with van der Waals surface area (Å²) in [5, 5.41) is 59.5. The van der Waals surface area contributed by atoms with Gasteiger partial charge in [0.05, 0.1) is 6.10 Å². The van der Waals surface area contributed by atoms with Gasteiger partial charge >= 0.3 is 5.97 Å². The van der Waals surface area contributed by atoms with Crippen LogP contribution in [0.3, 0.4) is 0 Å². The normalized spacial score (nSPS) is 22.7. The van der Waals surface area contributed by atoms with E-state index in [1.807, 2.05) is 0 Å². The number of fused-ring (bicyclic) bond motifs is 1. The van der Waals surface area contributed by atoms with Crippen LogP contribution in [0.1, 0.15) is 30.1 Å². The second kappa shape index (κ2) is 8.46. The minimum Gasteiger partial charge on any atom is -0.508 e. The maximum absolute atomic E-state index is 10.2. The highest BCUT2D eigenvalue weighted by atomic mass is 16.5. The van der Waals surface area contributed by atoms with E-state index in [-0.39, 0.29) is 41.2 Å². The number of nitrogens with one attached hydrogen (secondary N) is 1. The molecule has 0 radical (unpaired) electrons. The van der Waals surface area contributed by atoms with Gasteiger partial charge in [0.15, 0.2) is 11.5 Å². The third kappa shape index (κ3) is 4.64. The molecule has 0 unspecified atom stereocenters. The van der Waals surface area contributed by atoms with Crippen molar-refractivity contribution in [2.24, 2.45) is 0 Å². The van der Waals surface area contributed by atoms with E-state index in [0.717, 1.165) is 19.4 Å². The summed E-state index contributed by atoms with van der Waals surface area (Å²) in [6, 6.07) is 6.40. The molecule has 0 bridgehead atoms. The van der Waals surface area contributed by atoms with Crippen LogP contribution in [-0.2, 0) is 11.2 Å². The Balaban J connectivity index is 0.000000252. The first-order valence-electron chi connectivity index (χ1n) is 9.14. The SMILES string of the molecule is O=C(O)[C@@H]1CCCN1.Oc1cc(O)c2c(c1)O[C@H](c1ccc(O)c(O)c1)[C@H](O)C2. The third-order valence-electron chi connectivity index (χ3n) is 4.87. The number of phenolic OH excluding ortho intramolecular Hbond substituents is 4. The predicted molar refractivity (Wildman–Crippen MR) is 101 cm³/mol. The second-order valence-corrected chi connectivity index (χ2v) is 6.99. The summed E-state index contributed by atoms with van der Waals surface area (Å²) in [6.07, 6.45) is 0.224. The van der Waals surface area contributed by atoms with Gasteiger partial charge in [-0.2, -0.15) is 0 Å². The summed E-state index contributed by atoms with van der Waals surface area (Å²) >= 11 is 0. The average molecular weight is 405 g/mol.